The molecule has 9 nitrogen and oxygen atoms in total. The third-order valence-corrected chi connectivity index (χ3v) is 4.95. The molecular weight excluding hydrogens is 408 g/mol. The monoisotopic (exact) mass is 426 g/mol. The molecule has 4 rings (SSSR count). The van der Waals surface area contributed by atoms with Crippen molar-refractivity contribution in [2.75, 3.05) is 0 Å². The largest absolute Gasteiger partial charge is 0.508 e. The molecule has 3 aromatic rings. The fraction of sp³-hybridized carbons (Fsp3) is 0.136. The van der Waals surface area contributed by atoms with Crippen molar-refractivity contribution in [1.82, 2.24) is 0 Å². The van der Waals surface area contributed by atoms with Crippen molar-refractivity contribution < 1.29 is 44.9 Å². The molecule has 6 N–H and O–H groups in total. The second-order valence-corrected chi connectivity index (χ2v) is 7.08. The van der Waals surface area contributed by atoms with Crippen LogP contribution in [0.4, 0.5) is 0 Å². The van der Waals surface area contributed by atoms with Gasteiger partial charge in [-0.05, 0) is 29.8 Å². The van der Waals surface area contributed by atoms with Crippen molar-refractivity contribution in [1.29, 1.82) is 0 Å². The highest BCUT2D eigenvalue weighted by Crippen LogP contribution is 2.43. The summed E-state index contributed by atoms with van der Waals surface area (Å²) in [5.74, 6) is -3.27. The summed E-state index contributed by atoms with van der Waals surface area (Å²) in [5, 5.41) is 58.3. The van der Waals surface area contributed by atoms with E-state index >= 15 is 0 Å². The molecule has 0 aromatic heterocycles. The van der Waals surface area contributed by atoms with Crippen molar-refractivity contribution in [3.05, 3.63) is 65.2 Å². The highest BCUT2D eigenvalue weighted by atomic mass is 16.6. The summed E-state index contributed by atoms with van der Waals surface area (Å²) < 4.78 is 11.5. The molecule has 0 amide bonds. The third kappa shape index (κ3) is 3.80. The number of hydrogen-bond donors (Lipinski definition) is 6. The van der Waals surface area contributed by atoms with E-state index in [1.54, 1.807) is 12.1 Å². The van der Waals surface area contributed by atoms with Crippen molar-refractivity contribution in [3.8, 4) is 40.2 Å². The number of fused-ring (bicyclic) bond motifs is 1. The number of rotatable bonds is 3. The van der Waals surface area contributed by atoms with Gasteiger partial charge in [0.15, 0.2) is 23.4 Å². The van der Waals surface area contributed by atoms with Gasteiger partial charge in [-0.25, -0.2) is 4.79 Å². The first-order chi connectivity index (χ1) is 14.7. The molecule has 0 fully saturated rings. The van der Waals surface area contributed by atoms with Crippen molar-refractivity contribution in [2.24, 2.45) is 0 Å². The highest BCUT2D eigenvalue weighted by molar-refractivity contribution is 5.91. The van der Waals surface area contributed by atoms with E-state index in [0.29, 0.717) is 11.1 Å². The zero-order chi connectivity index (χ0) is 22.3. The van der Waals surface area contributed by atoms with Crippen LogP contribution in [-0.4, -0.2) is 42.7 Å². The van der Waals surface area contributed by atoms with Crippen LogP contribution in [-0.2, 0) is 11.2 Å². The van der Waals surface area contributed by atoms with Gasteiger partial charge in [0.2, 0.25) is 0 Å². The van der Waals surface area contributed by atoms with Gasteiger partial charge in [-0.1, -0.05) is 12.1 Å². The summed E-state index contributed by atoms with van der Waals surface area (Å²) in [6, 6.07) is 10.4. The Morgan fingerprint density at radius 2 is 1.48 bits per heavy atom. The molecule has 1 aliphatic heterocycles. The minimum atomic E-state index is -0.946. The Morgan fingerprint density at radius 3 is 2.13 bits per heavy atom. The Labute approximate surface area is 175 Å². The summed E-state index contributed by atoms with van der Waals surface area (Å²) in [7, 11) is 0. The Hall–Kier alpha value is -4.27. The Kier molecular flexibility index (Phi) is 4.86. The van der Waals surface area contributed by atoms with Crippen molar-refractivity contribution in [3.63, 3.8) is 0 Å². The molecule has 9 heteroatoms. The first-order valence-electron chi connectivity index (χ1n) is 9.19. The zero-order valence-corrected chi connectivity index (χ0v) is 15.9. The van der Waals surface area contributed by atoms with Crippen LogP contribution in [0.15, 0.2) is 48.5 Å². The van der Waals surface area contributed by atoms with Crippen LogP contribution in [0.5, 0.6) is 40.2 Å². The normalized spacial score (nSPS) is 17.4. The summed E-state index contributed by atoms with van der Waals surface area (Å²) in [4.78, 5) is 12.7. The van der Waals surface area contributed by atoms with Gasteiger partial charge in [0.1, 0.15) is 29.1 Å². The quantitative estimate of drug-likeness (QED) is 0.274. The van der Waals surface area contributed by atoms with E-state index in [9.17, 15) is 35.4 Å². The molecule has 0 saturated heterocycles. The van der Waals surface area contributed by atoms with E-state index in [2.05, 4.69) is 0 Å². The number of aromatic hydroxyl groups is 6. The van der Waals surface area contributed by atoms with Crippen LogP contribution in [0.1, 0.15) is 27.6 Å². The molecule has 0 bridgehead atoms. The smallest absolute Gasteiger partial charge is 0.338 e. The lowest BCUT2D eigenvalue weighted by atomic mass is 9.93. The number of carbonyl (C=O) groups excluding carboxylic acids is 1. The predicted octanol–water partition coefficient (Wildman–Crippen LogP) is 2.82. The SMILES string of the molecule is O=C(O[C@@H]1Cc2c(O)cc(O)cc2O[C@@H]1c1ccc(O)cc1)c1cc(O)c(O)c(O)c1. The minimum Gasteiger partial charge on any atom is -0.508 e. The highest BCUT2D eigenvalue weighted by Gasteiger charge is 2.36. The van der Waals surface area contributed by atoms with Gasteiger partial charge in [0, 0.05) is 24.1 Å². The van der Waals surface area contributed by atoms with Crippen molar-refractivity contribution in [2.45, 2.75) is 18.6 Å². The molecule has 160 valence electrons. The maximum Gasteiger partial charge on any atom is 0.338 e. The topological polar surface area (TPSA) is 157 Å². The zero-order valence-electron chi connectivity index (χ0n) is 15.9. The second kappa shape index (κ2) is 7.52. The number of esters is 1. The molecule has 2 atom stereocenters. The summed E-state index contributed by atoms with van der Waals surface area (Å²) in [6.07, 6.45) is -1.76. The van der Waals surface area contributed by atoms with Crippen LogP contribution in [0, 0.1) is 0 Å². The van der Waals surface area contributed by atoms with Crippen LogP contribution in [0.3, 0.4) is 0 Å². The van der Waals surface area contributed by atoms with Crippen molar-refractivity contribution >= 4 is 5.97 Å². The molecule has 0 radical (unpaired) electrons. The van der Waals surface area contributed by atoms with Crippen LogP contribution >= 0.6 is 0 Å². The van der Waals surface area contributed by atoms with E-state index in [1.807, 2.05) is 0 Å². The maximum atomic E-state index is 12.7. The van der Waals surface area contributed by atoms with Crippen LogP contribution < -0.4 is 4.74 Å². The molecule has 3 aromatic carbocycles. The van der Waals surface area contributed by atoms with E-state index < -0.39 is 35.4 Å². The lowest BCUT2D eigenvalue weighted by Gasteiger charge is -2.34. The summed E-state index contributed by atoms with van der Waals surface area (Å²) in [6.45, 7) is 0. The maximum absolute atomic E-state index is 12.7. The standard InChI is InChI=1S/C22H18O9/c23-12-3-1-10(2-4-12)21-19(9-14-15(25)7-13(24)8-18(14)30-21)31-22(29)11-5-16(26)20(28)17(27)6-11/h1-8,19,21,23-28H,9H2/t19-,21-/m1/s1. The molecule has 0 aliphatic carbocycles. The first-order valence-corrected chi connectivity index (χ1v) is 9.19. The van der Waals surface area contributed by atoms with E-state index in [4.69, 9.17) is 9.47 Å². The number of phenols is 6. The lowest BCUT2D eigenvalue weighted by molar-refractivity contribution is -0.0188. The fourth-order valence-corrected chi connectivity index (χ4v) is 3.43. The molecule has 0 unspecified atom stereocenters. The van der Waals surface area contributed by atoms with Gasteiger partial charge >= 0.3 is 5.97 Å². The van der Waals surface area contributed by atoms with Crippen LogP contribution in [0.2, 0.25) is 0 Å². The third-order valence-electron chi connectivity index (χ3n) is 4.95. The average molecular weight is 426 g/mol. The Bertz CT molecular complexity index is 1130. The Morgan fingerprint density at radius 1 is 0.839 bits per heavy atom. The van der Waals surface area contributed by atoms with Gasteiger partial charge in [-0.2, -0.15) is 0 Å². The number of carbonyl (C=O) groups is 1. The first kappa shape index (κ1) is 20.0. The van der Waals surface area contributed by atoms with Crippen LogP contribution in [0.25, 0.3) is 0 Å². The van der Waals surface area contributed by atoms with Gasteiger partial charge in [0.05, 0.1) is 5.56 Å². The van der Waals surface area contributed by atoms with Gasteiger partial charge < -0.3 is 40.1 Å². The van der Waals surface area contributed by atoms with E-state index in [0.717, 1.165) is 18.2 Å². The molecule has 0 saturated carbocycles. The number of ether oxygens (including phenoxy) is 2. The fourth-order valence-electron chi connectivity index (χ4n) is 3.43. The molecular formula is C22H18O9. The van der Waals surface area contributed by atoms with E-state index in [1.165, 1.54) is 18.2 Å². The number of benzene rings is 3. The second-order valence-electron chi connectivity index (χ2n) is 7.08. The predicted molar refractivity (Wildman–Crippen MR) is 106 cm³/mol. The summed E-state index contributed by atoms with van der Waals surface area (Å²) >= 11 is 0. The van der Waals surface area contributed by atoms with Gasteiger partial charge in [-0.15, -0.1) is 0 Å². The molecule has 1 heterocycles. The molecule has 1 aliphatic rings. The Balaban J connectivity index is 1.70. The van der Waals surface area contributed by atoms with Gasteiger partial charge in [0.25, 0.3) is 0 Å². The van der Waals surface area contributed by atoms with Gasteiger partial charge in [-0.3, -0.25) is 0 Å². The molecule has 31 heavy (non-hydrogen) atoms. The number of phenolic OH excluding ortho intramolecular Hbond substituents is 6. The minimum absolute atomic E-state index is 0.0267. The number of hydrogen-bond acceptors (Lipinski definition) is 9. The molecule has 0 spiro atoms. The lowest BCUT2D eigenvalue weighted by Crippen LogP contribution is -2.34. The van der Waals surface area contributed by atoms with E-state index in [-0.39, 0.29) is 35.0 Å². The average Bonchev–Trinajstić information content (AvgIpc) is 2.72. The summed E-state index contributed by atoms with van der Waals surface area (Å²) in [5.41, 5.74) is 0.667.